The highest BCUT2D eigenvalue weighted by Crippen LogP contribution is 2.41. The van der Waals surface area contributed by atoms with Crippen molar-refractivity contribution >= 4 is 17.6 Å². The summed E-state index contributed by atoms with van der Waals surface area (Å²) in [6.07, 6.45) is -2.61. The van der Waals surface area contributed by atoms with Gasteiger partial charge in [0.25, 0.3) is 11.7 Å². The first-order valence-corrected chi connectivity index (χ1v) is 16.5. The van der Waals surface area contributed by atoms with Gasteiger partial charge in [-0.2, -0.15) is 23.4 Å². The van der Waals surface area contributed by atoms with Crippen LogP contribution in [-0.2, 0) is 24.3 Å². The van der Waals surface area contributed by atoms with Crippen molar-refractivity contribution in [3.8, 4) is 0 Å². The Hall–Kier alpha value is -3.76. The van der Waals surface area contributed by atoms with E-state index in [1.165, 1.54) is 15.4 Å². The molecule has 1 saturated carbocycles. The minimum atomic E-state index is -4.47. The first-order chi connectivity index (χ1) is 22.8. The molecule has 6 rings (SSSR count). The Labute approximate surface area is 272 Å². The van der Waals surface area contributed by atoms with Crippen molar-refractivity contribution in [1.82, 2.24) is 44.9 Å². The number of imidazole rings is 1. The normalized spacial score (nSPS) is 23.7. The second-order valence-electron chi connectivity index (χ2n) is 13.2. The number of aryl methyl sites for hydroxylation is 1. The van der Waals surface area contributed by atoms with Crippen LogP contribution >= 0.6 is 0 Å². The summed E-state index contributed by atoms with van der Waals surface area (Å²) >= 11 is 0. The van der Waals surface area contributed by atoms with Crippen molar-refractivity contribution < 1.29 is 35.9 Å². The van der Waals surface area contributed by atoms with E-state index >= 15 is 0 Å². The van der Waals surface area contributed by atoms with Gasteiger partial charge in [-0.15, -0.1) is 0 Å². The van der Waals surface area contributed by atoms with Gasteiger partial charge >= 0.3 is 6.18 Å². The summed E-state index contributed by atoms with van der Waals surface area (Å²) in [4.78, 5) is 37.5. The number of hydrogen-bond donors (Lipinski definition) is 2. The number of aromatic nitrogens is 6. The summed E-state index contributed by atoms with van der Waals surface area (Å²) < 4.78 is 85.9. The third-order valence-electron chi connectivity index (χ3n) is 9.83. The predicted molar refractivity (Wildman–Crippen MR) is 160 cm³/mol. The number of nitrogens with zero attached hydrogens (tertiary/aromatic N) is 7. The number of hydrogen-bond acceptors (Lipinski definition) is 7. The number of halogens is 6. The van der Waals surface area contributed by atoms with E-state index < -0.39 is 60.9 Å². The standard InChI is InChI=1S/C31H39F6N9O2/c1-2-45-25(5-10-39-45)28(48)42-26(18-3-8-30(33,34)9-4-18)24-17-46-29(41-24)40-23(16-44-11-6-21(32)7-12-44)22(43-46)14-19-13-20(31(35,36)37)15-38-27(19)47/h5,10,17-21,26H,2-4,6-9,11-16H2,1H3,(H,38,47)(H,42,48)/t19-,20-,26+/m1/s1. The van der Waals surface area contributed by atoms with Crippen LogP contribution in [0.25, 0.3) is 5.78 Å². The molecule has 2 aliphatic heterocycles. The van der Waals surface area contributed by atoms with Gasteiger partial charge in [0.1, 0.15) is 11.9 Å². The molecule has 2 saturated heterocycles. The zero-order valence-electron chi connectivity index (χ0n) is 26.5. The average Bonchev–Trinajstić information content (AvgIpc) is 3.69. The molecule has 5 heterocycles. The van der Waals surface area contributed by atoms with Crippen molar-refractivity contribution in [1.29, 1.82) is 0 Å². The molecule has 2 N–H and O–H groups in total. The first kappa shape index (κ1) is 34.1. The van der Waals surface area contributed by atoms with Crippen molar-refractivity contribution in [2.45, 2.75) is 95.7 Å². The van der Waals surface area contributed by atoms with Gasteiger partial charge in [0.2, 0.25) is 11.8 Å². The minimum Gasteiger partial charge on any atom is -0.355 e. The van der Waals surface area contributed by atoms with Crippen LogP contribution in [-0.4, -0.2) is 84.0 Å². The molecule has 0 radical (unpaired) electrons. The van der Waals surface area contributed by atoms with E-state index in [0.717, 1.165) is 0 Å². The summed E-state index contributed by atoms with van der Waals surface area (Å²) in [5.74, 6) is -6.68. The number of alkyl halides is 6. The predicted octanol–water partition coefficient (Wildman–Crippen LogP) is 4.43. The number of likely N-dealkylation sites (tertiary alicyclic amines) is 1. The molecule has 11 nitrogen and oxygen atoms in total. The van der Waals surface area contributed by atoms with Crippen LogP contribution in [0.3, 0.4) is 0 Å². The second kappa shape index (κ2) is 13.6. The average molecular weight is 684 g/mol. The second-order valence-corrected chi connectivity index (χ2v) is 13.2. The van der Waals surface area contributed by atoms with Crippen LogP contribution in [0.15, 0.2) is 18.5 Å². The molecular weight excluding hydrogens is 644 g/mol. The zero-order valence-corrected chi connectivity index (χ0v) is 26.5. The lowest BCUT2D eigenvalue weighted by Gasteiger charge is -2.33. The third-order valence-corrected chi connectivity index (χ3v) is 9.83. The van der Waals surface area contributed by atoms with Crippen molar-refractivity contribution in [3.05, 3.63) is 41.2 Å². The highest BCUT2D eigenvalue weighted by molar-refractivity contribution is 5.92. The molecule has 0 unspecified atom stereocenters. The molecule has 3 aromatic heterocycles. The number of piperidine rings is 2. The number of carbonyl (C=O) groups is 2. The SMILES string of the molecule is CCn1nccc1C(=O)N[C@H](c1cn2nc(C[C@H]3C[C@@H](C(F)(F)F)CNC3=O)c(CN3CCC(F)CC3)nc2n1)C1CCC(F)(F)CC1. The molecule has 1 aliphatic carbocycles. The van der Waals surface area contributed by atoms with Crippen LogP contribution in [0.1, 0.15) is 85.5 Å². The number of fused-ring (bicyclic) bond motifs is 1. The van der Waals surface area contributed by atoms with Gasteiger partial charge < -0.3 is 10.6 Å². The van der Waals surface area contributed by atoms with Crippen molar-refractivity contribution in [2.75, 3.05) is 19.6 Å². The van der Waals surface area contributed by atoms with Crippen molar-refractivity contribution in [3.63, 3.8) is 0 Å². The lowest BCUT2D eigenvalue weighted by atomic mass is 9.81. The van der Waals surface area contributed by atoms with Gasteiger partial charge in [0, 0.05) is 64.1 Å². The maximum atomic E-state index is 14.2. The zero-order chi connectivity index (χ0) is 34.2. The Morgan fingerprint density at radius 2 is 1.85 bits per heavy atom. The van der Waals surface area contributed by atoms with Gasteiger partial charge in [-0.05, 0) is 51.0 Å². The number of rotatable bonds is 9. The molecule has 3 aromatic rings. The topological polar surface area (TPSA) is 122 Å². The number of amides is 2. The monoisotopic (exact) mass is 683 g/mol. The van der Waals surface area contributed by atoms with E-state index in [2.05, 4.69) is 25.8 Å². The maximum absolute atomic E-state index is 14.2. The number of nitrogens with one attached hydrogen (secondary N) is 2. The largest absolute Gasteiger partial charge is 0.393 e. The summed E-state index contributed by atoms with van der Waals surface area (Å²) in [5.41, 5.74) is 1.35. The van der Waals surface area contributed by atoms with E-state index in [4.69, 9.17) is 4.98 Å². The van der Waals surface area contributed by atoms with E-state index in [-0.39, 0.29) is 50.3 Å². The molecule has 2 amide bonds. The molecule has 3 aliphatic rings. The Kier molecular flexibility index (Phi) is 9.69. The van der Waals surface area contributed by atoms with Gasteiger partial charge in [-0.1, -0.05) is 0 Å². The minimum absolute atomic E-state index is 0.108. The molecule has 3 atom stereocenters. The molecular formula is C31H39F6N9O2. The molecule has 3 fully saturated rings. The first-order valence-electron chi connectivity index (χ1n) is 16.5. The Morgan fingerprint density at radius 1 is 1.12 bits per heavy atom. The lowest BCUT2D eigenvalue weighted by Crippen LogP contribution is -2.47. The highest BCUT2D eigenvalue weighted by atomic mass is 19.4. The van der Waals surface area contributed by atoms with E-state index in [1.807, 2.05) is 11.8 Å². The smallest absolute Gasteiger partial charge is 0.355 e. The summed E-state index contributed by atoms with van der Waals surface area (Å²) in [7, 11) is 0. The third kappa shape index (κ3) is 7.60. The quantitative estimate of drug-likeness (QED) is 0.320. The summed E-state index contributed by atoms with van der Waals surface area (Å²) in [6, 6.07) is 0.789. The van der Waals surface area contributed by atoms with Crippen LogP contribution in [0.5, 0.6) is 0 Å². The van der Waals surface area contributed by atoms with Crippen LogP contribution < -0.4 is 10.6 Å². The van der Waals surface area contributed by atoms with Gasteiger partial charge in [0.05, 0.1) is 35.2 Å². The van der Waals surface area contributed by atoms with E-state index in [0.29, 0.717) is 55.3 Å². The van der Waals surface area contributed by atoms with E-state index in [1.54, 1.807) is 12.3 Å². The highest BCUT2D eigenvalue weighted by Gasteiger charge is 2.45. The Balaban J connectivity index is 1.34. The summed E-state index contributed by atoms with van der Waals surface area (Å²) in [5, 5.41) is 14.2. The Bertz CT molecular complexity index is 1610. The lowest BCUT2D eigenvalue weighted by molar-refractivity contribution is -0.183. The maximum Gasteiger partial charge on any atom is 0.393 e. The number of carbonyl (C=O) groups excluding carboxylic acids is 2. The van der Waals surface area contributed by atoms with E-state index in [9.17, 15) is 35.9 Å². The van der Waals surface area contributed by atoms with Gasteiger partial charge in [-0.25, -0.2) is 27.7 Å². The molecule has 0 spiro atoms. The van der Waals surface area contributed by atoms with Crippen LogP contribution in [0.2, 0.25) is 0 Å². The fourth-order valence-electron chi connectivity index (χ4n) is 6.99. The van der Waals surface area contributed by atoms with Gasteiger partial charge in [0.15, 0.2) is 0 Å². The van der Waals surface area contributed by atoms with Crippen LogP contribution in [0.4, 0.5) is 26.3 Å². The molecule has 48 heavy (non-hydrogen) atoms. The molecule has 0 aromatic carbocycles. The molecule has 0 bridgehead atoms. The van der Waals surface area contributed by atoms with Crippen LogP contribution in [0, 0.1) is 17.8 Å². The Morgan fingerprint density at radius 3 is 2.54 bits per heavy atom. The molecule has 262 valence electrons. The van der Waals surface area contributed by atoms with Gasteiger partial charge in [-0.3, -0.25) is 19.2 Å². The fourth-order valence-corrected chi connectivity index (χ4v) is 6.99. The van der Waals surface area contributed by atoms with Crippen molar-refractivity contribution in [2.24, 2.45) is 17.8 Å². The molecule has 17 heteroatoms. The summed E-state index contributed by atoms with van der Waals surface area (Å²) in [6.45, 7) is 2.90. The fraction of sp³-hybridized carbons (Fsp3) is 0.677.